The Bertz CT molecular complexity index is 1160. The molecule has 0 amide bonds. The van der Waals surface area contributed by atoms with E-state index in [-0.39, 0.29) is 17.0 Å². The standard InChI is InChI=1S/C23H24N2O5S/c1-16-13-21(14-22(17(16)2)23(26)29-3)31(27,28)25-12-10-18-6-8-19(9-7-18)30-20-5-4-11-24-15-20/h4-9,11,13-15,25H,10,12H2,1-3H3. The number of ether oxygens (including phenoxy) is 2. The second-order valence-electron chi connectivity index (χ2n) is 6.99. The summed E-state index contributed by atoms with van der Waals surface area (Å²) in [6.07, 6.45) is 3.80. The molecule has 2 aromatic carbocycles. The van der Waals surface area contributed by atoms with Gasteiger partial charge in [0.05, 0.1) is 23.8 Å². The van der Waals surface area contributed by atoms with Crippen molar-refractivity contribution in [3.63, 3.8) is 0 Å². The number of sulfonamides is 1. The Kier molecular flexibility index (Phi) is 7.04. The number of carbonyl (C=O) groups excluding carboxylic acids is 1. The lowest BCUT2D eigenvalue weighted by Crippen LogP contribution is -2.26. The van der Waals surface area contributed by atoms with Crippen LogP contribution in [0.4, 0.5) is 0 Å². The summed E-state index contributed by atoms with van der Waals surface area (Å²) in [6, 6.07) is 13.9. The Labute approximate surface area is 182 Å². The number of aryl methyl sites for hydroxylation is 1. The molecule has 0 bridgehead atoms. The van der Waals surface area contributed by atoms with Gasteiger partial charge in [-0.05, 0) is 73.4 Å². The van der Waals surface area contributed by atoms with Crippen molar-refractivity contribution in [2.24, 2.45) is 0 Å². The molecule has 0 spiro atoms. The second-order valence-corrected chi connectivity index (χ2v) is 8.75. The van der Waals surface area contributed by atoms with Crippen LogP contribution in [-0.4, -0.2) is 33.0 Å². The van der Waals surface area contributed by atoms with Crippen LogP contribution in [0.15, 0.2) is 65.8 Å². The van der Waals surface area contributed by atoms with Crippen molar-refractivity contribution in [1.82, 2.24) is 9.71 Å². The van der Waals surface area contributed by atoms with E-state index >= 15 is 0 Å². The van der Waals surface area contributed by atoms with Gasteiger partial charge in [-0.3, -0.25) is 4.98 Å². The highest BCUT2D eigenvalue weighted by molar-refractivity contribution is 7.89. The van der Waals surface area contributed by atoms with Gasteiger partial charge in [0.25, 0.3) is 0 Å². The van der Waals surface area contributed by atoms with E-state index in [2.05, 4.69) is 9.71 Å². The first-order chi connectivity index (χ1) is 14.8. The van der Waals surface area contributed by atoms with Gasteiger partial charge in [0.1, 0.15) is 11.5 Å². The third kappa shape index (κ3) is 5.68. The molecule has 0 unspecified atom stereocenters. The zero-order valence-electron chi connectivity index (χ0n) is 17.6. The Morgan fingerprint density at radius 1 is 1.06 bits per heavy atom. The van der Waals surface area contributed by atoms with Crippen molar-refractivity contribution in [2.75, 3.05) is 13.7 Å². The zero-order chi connectivity index (χ0) is 22.4. The summed E-state index contributed by atoms with van der Waals surface area (Å²) in [5.41, 5.74) is 2.59. The number of esters is 1. The van der Waals surface area contributed by atoms with E-state index < -0.39 is 16.0 Å². The maximum Gasteiger partial charge on any atom is 0.338 e. The molecule has 1 N–H and O–H groups in total. The molecule has 8 heteroatoms. The van der Waals surface area contributed by atoms with Gasteiger partial charge in [-0.1, -0.05) is 12.1 Å². The maximum atomic E-state index is 12.7. The topological polar surface area (TPSA) is 94.6 Å². The molecule has 0 aliphatic carbocycles. The van der Waals surface area contributed by atoms with Gasteiger partial charge in [-0.15, -0.1) is 0 Å². The van der Waals surface area contributed by atoms with Crippen LogP contribution in [0.5, 0.6) is 11.5 Å². The maximum absolute atomic E-state index is 12.7. The van der Waals surface area contributed by atoms with E-state index in [9.17, 15) is 13.2 Å². The summed E-state index contributed by atoms with van der Waals surface area (Å²) >= 11 is 0. The van der Waals surface area contributed by atoms with E-state index in [1.54, 1.807) is 38.4 Å². The van der Waals surface area contributed by atoms with Gasteiger partial charge >= 0.3 is 5.97 Å². The normalized spacial score (nSPS) is 11.2. The number of hydrogen-bond donors (Lipinski definition) is 1. The van der Waals surface area contributed by atoms with Crippen LogP contribution in [0.2, 0.25) is 0 Å². The first-order valence-corrected chi connectivity index (χ1v) is 11.1. The molecule has 0 aliphatic heterocycles. The molecular formula is C23H24N2O5S. The number of rotatable bonds is 8. The number of aromatic nitrogens is 1. The molecule has 0 atom stereocenters. The van der Waals surface area contributed by atoms with E-state index in [4.69, 9.17) is 9.47 Å². The van der Waals surface area contributed by atoms with Gasteiger partial charge in [0.2, 0.25) is 10.0 Å². The molecule has 1 heterocycles. The Morgan fingerprint density at radius 3 is 2.45 bits per heavy atom. The van der Waals surface area contributed by atoms with Crippen LogP contribution in [0, 0.1) is 13.8 Å². The molecule has 7 nitrogen and oxygen atoms in total. The molecule has 162 valence electrons. The summed E-state index contributed by atoms with van der Waals surface area (Å²) < 4.78 is 38.5. The van der Waals surface area contributed by atoms with Crippen molar-refractivity contribution < 1.29 is 22.7 Å². The SMILES string of the molecule is COC(=O)c1cc(S(=O)(=O)NCCc2ccc(Oc3cccnc3)cc2)cc(C)c1C. The number of carbonyl (C=O) groups is 1. The van der Waals surface area contributed by atoms with E-state index in [1.807, 2.05) is 30.3 Å². The number of nitrogens with one attached hydrogen (secondary N) is 1. The summed E-state index contributed by atoms with van der Waals surface area (Å²) in [4.78, 5) is 16.0. The summed E-state index contributed by atoms with van der Waals surface area (Å²) in [7, 11) is -2.50. The molecule has 0 fully saturated rings. The van der Waals surface area contributed by atoms with E-state index in [1.165, 1.54) is 13.2 Å². The quantitative estimate of drug-likeness (QED) is 0.536. The van der Waals surface area contributed by atoms with Gasteiger partial charge in [0, 0.05) is 12.7 Å². The van der Waals surface area contributed by atoms with E-state index in [0.29, 0.717) is 29.0 Å². The molecular weight excluding hydrogens is 416 g/mol. The van der Waals surface area contributed by atoms with Crippen LogP contribution in [-0.2, 0) is 21.2 Å². The number of methoxy groups -OCH3 is 1. The average Bonchev–Trinajstić information content (AvgIpc) is 2.76. The number of pyridine rings is 1. The Morgan fingerprint density at radius 2 is 1.81 bits per heavy atom. The largest absolute Gasteiger partial charge is 0.465 e. The fourth-order valence-corrected chi connectivity index (χ4v) is 4.13. The third-order valence-electron chi connectivity index (χ3n) is 4.86. The van der Waals surface area contributed by atoms with Crippen LogP contribution in [0.1, 0.15) is 27.0 Å². The number of hydrogen-bond acceptors (Lipinski definition) is 6. The van der Waals surface area contributed by atoms with Crippen LogP contribution in [0.25, 0.3) is 0 Å². The Balaban J connectivity index is 1.63. The summed E-state index contributed by atoms with van der Waals surface area (Å²) in [5.74, 6) is 0.747. The van der Waals surface area contributed by atoms with Crippen molar-refractivity contribution in [3.05, 3.63) is 83.2 Å². The van der Waals surface area contributed by atoms with Crippen LogP contribution in [0.3, 0.4) is 0 Å². The minimum atomic E-state index is -3.77. The first-order valence-electron chi connectivity index (χ1n) is 9.66. The molecule has 1 aromatic heterocycles. The molecule has 3 rings (SSSR count). The predicted molar refractivity (Wildman–Crippen MR) is 117 cm³/mol. The van der Waals surface area contributed by atoms with E-state index in [0.717, 1.165) is 5.56 Å². The monoisotopic (exact) mass is 440 g/mol. The number of benzene rings is 2. The predicted octanol–water partition coefficient (Wildman–Crippen LogP) is 3.80. The molecule has 3 aromatic rings. The van der Waals surface area contributed by atoms with Crippen LogP contribution >= 0.6 is 0 Å². The number of nitrogens with zero attached hydrogens (tertiary/aromatic N) is 1. The molecule has 0 saturated carbocycles. The van der Waals surface area contributed by atoms with Crippen molar-refractivity contribution in [1.29, 1.82) is 0 Å². The molecule has 0 saturated heterocycles. The van der Waals surface area contributed by atoms with Gasteiger partial charge in [-0.2, -0.15) is 0 Å². The fraction of sp³-hybridized carbons (Fsp3) is 0.217. The highest BCUT2D eigenvalue weighted by Gasteiger charge is 2.20. The zero-order valence-corrected chi connectivity index (χ0v) is 18.4. The van der Waals surface area contributed by atoms with Crippen molar-refractivity contribution in [3.8, 4) is 11.5 Å². The summed E-state index contributed by atoms with van der Waals surface area (Å²) in [5, 5.41) is 0. The Hall–Kier alpha value is -3.23. The average molecular weight is 441 g/mol. The lowest BCUT2D eigenvalue weighted by molar-refractivity contribution is 0.0599. The molecule has 0 aliphatic rings. The second kappa shape index (κ2) is 9.72. The summed E-state index contributed by atoms with van der Waals surface area (Å²) in [6.45, 7) is 3.73. The minimum Gasteiger partial charge on any atom is -0.465 e. The fourth-order valence-electron chi connectivity index (χ4n) is 2.98. The molecule has 31 heavy (non-hydrogen) atoms. The highest BCUT2D eigenvalue weighted by Crippen LogP contribution is 2.22. The van der Waals surface area contributed by atoms with Crippen molar-refractivity contribution in [2.45, 2.75) is 25.2 Å². The highest BCUT2D eigenvalue weighted by atomic mass is 32.2. The lowest BCUT2D eigenvalue weighted by Gasteiger charge is -2.12. The van der Waals surface area contributed by atoms with Crippen molar-refractivity contribution >= 4 is 16.0 Å². The van der Waals surface area contributed by atoms with Gasteiger partial charge < -0.3 is 9.47 Å². The van der Waals surface area contributed by atoms with Crippen LogP contribution < -0.4 is 9.46 Å². The minimum absolute atomic E-state index is 0.0382. The first kappa shape index (κ1) is 22.5. The van der Waals surface area contributed by atoms with Gasteiger partial charge in [-0.25, -0.2) is 17.9 Å². The molecule has 0 radical (unpaired) electrons. The lowest BCUT2D eigenvalue weighted by atomic mass is 10.0. The third-order valence-corrected chi connectivity index (χ3v) is 6.30. The smallest absolute Gasteiger partial charge is 0.338 e. The van der Waals surface area contributed by atoms with Gasteiger partial charge in [0.15, 0.2) is 0 Å².